The fraction of sp³-hybridized carbons (Fsp3) is 0.250. The summed E-state index contributed by atoms with van der Waals surface area (Å²) >= 11 is 0. The number of rotatable bonds is 5. The maximum absolute atomic E-state index is 9.28. The minimum atomic E-state index is 0.0126. The van der Waals surface area contributed by atoms with Crippen LogP contribution in [0.3, 0.4) is 0 Å². The van der Waals surface area contributed by atoms with Gasteiger partial charge in [-0.05, 0) is 18.6 Å². The Kier molecular flexibility index (Phi) is 3.83. The van der Waals surface area contributed by atoms with Crippen LogP contribution in [0.25, 0.3) is 16.9 Å². The molecule has 0 aliphatic heterocycles. The molecule has 3 rings (SSSR count). The molecular formula is C16H18N4O. The second-order valence-corrected chi connectivity index (χ2v) is 4.93. The van der Waals surface area contributed by atoms with Crippen molar-refractivity contribution in [2.45, 2.75) is 19.4 Å². The standard InChI is InChI=1S/C16H18N4O/c1-2-13(11-21)18-15-8-9-16-17-10-14(20(16)19-15)12-6-4-3-5-7-12/h3-10,13,21H,2,11H2,1H3,(H,18,19). The van der Waals surface area contributed by atoms with Crippen LogP contribution in [-0.2, 0) is 0 Å². The van der Waals surface area contributed by atoms with Gasteiger partial charge in [-0.15, -0.1) is 5.10 Å². The van der Waals surface area contributed by atoms with Crippen LogP contribution < -0.4 is 5.32 Å². The van der Waals surface area contributed by atoms with Gasteiger partial charge in [-0.1, -0.05) is 37.3 Å². The summed E-state index contributed by atoms with van der Waals surface area (Å²) < 4.78 is 1.82. The second-order valence-electron chi connectivity index (χ2n) is 4.93. The molecule has 0 fully saturated rings. The summed E-state index contributed by atoms with van der Waals surface area (Å²) in [5.74, 6) is 0.735. The lowest BCUT2D eigenvalue weighted by atomic mass is 10.2. The highest BCUT2D eigenvalue weighted by molar-refractivity contribution is 5.63. The third kappa shape index (κ3) is 2.73. The van der Waals surface area contributed by atoms with Crippen LogP contribution in [0.1, 0.15) is 13.3 Å². The molecule has 1 aromatic carbocycles. The van der Waals surface area contributed by atoms with Crippen molar-refractivity contribution in [1.29, 1.82) is 0 Å². The number of imidazole rings is 1. The Morgan fingerprint density at radius 2 is 2.00 bits per heavy atom. The molecule has 1 unspecified atom stereocenters. The van der Waals surface area contributed by atoms with E-state index in [1.165, 1.54) is 0 Å². The Labute approximate surface area is 123 Å². The smallest absolute Gasteiger partial charge is 0.154 e. The van der Waals surface area contributed by atoms with Crippen molar-refractivity contribution in [1.82, 2.24) is 14.6 Å². The van der Waals surface area contributed by atoms with Gasteiger partial charge in [0.1, 0.15) is 5.82 Å². The molecule has 0 aliphatic carbocycles. The molecule has 0 bridgehead atoms. The molecule has 2 N–H and O–H groups in total. The van der Waals surface area contributed by atoms with Crippen LogP contribution in [0.15, 0.2) is 48.7 Å². The number of aliphatic hydroxyl groups is 1. The minimum absolute atomic E-state index is 0.0126. The normalized spacial score (nSPS) is 12.5. The van der Waals surface area contributed by atoms with Crippen molar-refractivity contribution in [3.8, 4) is 11.3 Å². The molecule has 5 heteroatoms. The predicted octanol–water partition coefficient (Wildman–Crippen LogP) is 2.58. The fourth-order valence-corrected chi connectivity index (χ4v) is 2.24. The topological polar surface area (TPSA) is 62.5 Å². The summed E-state index contributed by atoms with van der Waals surface area (Å²) in [5, 5.41) is 17.1. The second kappa shape index (κ2) is 5.93. The molecule has 0 radical (unpaired) electrons. The number of nitrogens with one attached hydrogen (secondary N) is 1. The van der Waals surface area contributed by atoms with E-state index in [4.69, 9.17) is 0 Å². The van der Waals surface area contributed by atoms with E-state index in [0.717, 1.165) is 29.1 Å². The predicted molar refractivity (Wildman–Crippen MR) is 83.2 cm³/mol. The van der Waals surface area contributed by atoms with Crippen LogP contribution in [0.2, 0.25) is 0 Å². The van der Waals surface area contributed by atoms with Gasteiger partial charge in [0.2, 0.25) is 0 Å². The third-order valence-corrected chi connectivity index (χ3v) is 3.50. The van der Waals surface area contributed by atoms with Crippen molar-refractivity contribution in [2.75, 3.05) is 11.9 Å². The number of hydrogen-bond acceptors (Lipinski definition) is 4. The van der Waals surface area contributed by atoms with Crippen LogP contribution in [0, 0.1) is 0 Å². The highest BCUT2D eigenvalue weighted by Crippen LogP contribution is 2.20. The molecule has 0 amide bonds. The highest BCUT2D eigenvalue weighted by atomic mass is 16.3. The van der Waals surface area contributed by atoms with Crippen LogP contribution in [0.4, 0.5) is 5.82 Å². The van der Waals surface area contributed by atoms with Gasteiger partial charge >= 0.3 is 0 Å². The van der Waals surface area contributed by atoms with Crippen molar-refractivity contribution in [3.63, 3.8) is 0 Å². The van der Waals surface area contributed by atoms with E-state index in [1.54, 1.807) is 0 Å². The molecule has 0 saturated carbocycles. The zero-order valence-electron chi connectivity index (χ0n) is 11.9. The summed E-state index contributed by atoms with van der Waals surface area (Å²) in [6.07, 6.45) is 2.66. The summed E-state index contributed by atoms with van der Waals surface area (Å²) in [7, 11) is 0. The summed E-state index contributed by atoms with van der Waals surface area (Å²) in [6.45, 7) is 2.12. The Balaban J connectivity index is 2.00. The number of aliphatic hydroxyl groups excluding tert-OH is 1. The summed E-state index contributed by atoms with van der Waals surface area (Å²) in [6, 6.07) is 13.9. The SMILES string of the molecule is CCC(CO)Nc1ccc2ncc(-c3ccccc3)n2n1. The summed E-state index contributed by atoms with van der Waals surface area (Å²) in [5.41, 5.74) is 2.83. The van der Waals surface area contributed by atoms with Crippen LogP contribution in [0.5, 0.6) is 0 Å². The third-order valence-electron chi connectivity index (χ3n) is 3.50. The lowest BCUT2D eigenvalue weighted by Gasteiger charge is -2.14. The number of anilines is 1. The molecule has 21 heavy (non-hydrogen) atoms. The molecule has 0 spiro atoms. The van der Waals surface area contributed by atoms with Gasteiger partial charge in [0.05, 0.1) is 24.5 Å². The van der Waals surface area contributed by atoms with E-state index in [1.807, 2.05) is 60.1 Å². The van der Waals surface area contributed by atoms with Gasteiger partial charge < -0.3 is 10.4 Å². The molecule has 1 atom stereocenters. The minimum Gasteiger partial charge on any atom is -0.394 e. The van der Waals surface area contributed by atoms with E-state index in [-0.39, 0.29) is 12.6 Å². The van der Waals surface area contributed by atoms with Gasteiger partial charge in [0, 0.05) is 5.56 Å². The molecule has 0 aliphatic rings. The molecule has 0 saturated heterocycles. The van der Waals surface area contributed by atoms with E-state index in [2.05, 4.69) is 15.4 Å². The first-order valence-corrected chi connectivity index (χ1v) is 7.09. The number of hydrogen-bond donors (Lipinski definition) is 2. The molecule has 5 nitrogen and oxygen atoms in total. The molecule has 3 aromatic rings. The Morgan fingerprint density at radius 3 is 2.71 bits per heavy atom. The zero-order valence-corrected chi connectivity index (χ0v) is 11.9. The fourth-order valence-electron chi connectivity index (χ4n) is 2.24. The van der Waals surface area contributed by atoms with Crippen molar-refractivity contribution < 1.29 is 5.11 Å². The average Bonchev–Trinajstić information content (AvgIpc) is 2.96. The lowest BCUT2D eigenvalue weighted by Crippen LogP contribution is -2.23. The van der Waals surface area contributed by atoms with Crippen molar-refractivity contribution in [2.24, 2.45) is 0 Å². The maximum atomic E-state index is 9.28. The average molecular weight is 282 g/mol. The first-order chi connectivity index (χ1) is 10.3. The number of benzene rings is 1. The largest absolute Gasteiger partial charge is 0.394 e. The van der Waals surface area contributed by atoms with Crippen molar-refractivity contribution in [3.05, 3.63) is 48.7 Å². The van der Waals surface area contributed by atoms with Crippen LogP contribution in [-0.4, -0.2) is 32.4 Å². The number of fused-ring (bicyclic) bond motifs is 1. The van der Waals surface area contributed by atoms with E-state index < -0.39 is 0 Å². The molecule has 2 aromatic heterocycles. The monoisotopic (exact) mass is 282 g/mol. The maximum Gasteiger partial charge on any atom is 0.154 e. The van der Waals surface area contributed by atoms with E-state index in [0.29, 0.717) is 0 Å². The summed E-state index contributed by atoms with van der Waals surface area (Å²) in [4.78, 5) is 4.38. The number of nitrogens with zero attached hydrogens (tertiary/aromatic N) is 3. The lowest BCUT2D eigenvalue weighted by molar-refractivity contribution is 0.271. The first-order valence-electron chi connectivity index (χ1n) is 7.09. The highest BCUT2D eigenvalue weighted by Gasteiger charge is 2.09. The Bertz CT molecular complexity index is 719. The quantitative estimate of drug-likeness (QED) is 0.755. The molecule has 2 heterocycles. The molecule has 108 valence electrons. The van der Waals surface area contributed by atoms with Gasteiger partial charge in [0.15, 0.2) is 5.65 Å². The van der Waals surface area contributed by atoms with Gasteiger partial charge in [-0.2, -0.15) is 0 Å². The first kappa shape index (κ1) is 13.6. The zero-order chi connectivity index (χ0) is 14.7. The van der Waals surface area contributed by atoms with Crippen molar-refractivity contribution >= 4 is 11.5 Å². The Morgan fingerprint density at radius 1 is 1.19 bits per heavy atom. The number of aromatic nitrogens is 3. The van der Waals surface area contributed by atoms with E-state index >= 15 is 0 Å². The Hall–Kier alpha value is -2.40. The van der Waals surface area contributed by atoms with Gasteiger partial charge in [0.25, 0.3) is 0 Å². The van der Waals surface area contributed by atoms with Gasteiger partial charge in [-0.25, -0.2) is 9.50 Å². The molecular weight excluding hydrogens is 264 g/mol. The van der Waals surface area contributed by atoms with Gasteiger partial charge in [-0.3, -0.25) is 0 Å². The van der Waals surface area contributed by atoms with E-state index in [9.17, 15) is 5.11 Å². The van der Waals surface area contributed by atoms with Crippen LogP contribution >= 0.6 is 0 Å².